The van der Waals surface area contributed by atoms with Crippen molar-refractivity contribution in [2.75, 3.05) is 12.3 Å². The first-order valence-electron chi connectivity index (χ1n) is 8.81. The molecular formula is C18H20F3N3OS2. The summed E-state index contributed by atoms with van der Waals surface area (Å²) < 4.78 is 39.6. The first kappa shape index (κ1) is 20.1. The molecule has 2 aromatic rings. The van der Waals surface area contributed by atoms with Crippen LogP contribution in [-0.2, 0) is 11.0 Å². The molecule has 9 heteroatoms. The molecule has 0 spiro atoms. The highest BCUT2D eigenvalue weighted by atomic mass is 32.2. The summed E-state index contributed by atoms with van der Waals surface area (Å²) in [6.45, 7) is 2.76. The average Bonchev–Trinajstić information content (AvgIpc) is 3.20. The van der Waals surface area contributed by atoms with Crippen LogP contribution in [0, 0.1) is 0 Å². The van der Waals surface area contributed by atoms with Gasteiger partial charge >= 0.3 is 6.18 Å². The molecule has 0 N–H and O–H groups in total. The zero-order valence-electron chi connectivity index (χ0n) is 14.8. The van der Waals surface area contributed by atoms with Crippen LogP contribution in [0.4, 0.5) is 13.2 Å². The van der Waals surface area contributed by atoms with Crippen LogP contribution in [0.5, 0.6) is 0 Å². The molecule has 1 aliphatic heterocycles. The summed E-state index contributed by atoms with van der Waals surface area (Å²) in [6, 6.07) is 4.64. The molecule has 1 amide bonds. The van der Waals surface area contributed by atoms with Gasteiger partial charge < -0.3 is 4.90 Å². The van der Waals surface area contributed by atoms with Crippen molar-refractivity contribution in [2.24, 2.45) is 0 Å². The van der Waals surface area contributed by atoms with Crippen LogP contribution in [0.1, 0.15) is 38.3 Å². The largest absolute Gasteiger partial charge is 0.433 e. The number of hydrogen-bond donors (Lipinski definition) is 0. The van der Waals surface area contributed by atoms with E-state index in [4.69, 9.17) is 0 Å². The maximum absolute atomic E-state index is 13.2. The number of carbonyl (C=O) groups is 1. The minimum absolute atomic E-state index is 0.0216. The second-order valence-corrected chi connectivity index (χ2v) is 8.22. The molecule has 146 valence electrons. The van der Waals surface area contributed by atoms with Gasteiger partial charge in [0, 0.05) is 12.6 Å². The number of rotatable bonds is 5. The van der Waals surface area contributed by atoms with Gasteiger partial charge in [-0.15, -0.1) is 11.3 Å². The molecule has 1 fully saturated rings. The van der Waals surface area contributed by atoms with E-state index in [2.05, 4.69) is 9.97 Å². The van der Waals surface area contributed by atoms with Crippen molar-refractivity contribution >= 4 is 29.0 Å². The molecule has 3 heterocycles. The Labute approximate surface area is 164 Å². The van der Waals surface area contributed by atoms with Gasteiger partial charge in [0.15, 0.2) is 5.16 Å². The van der Waals surface area contributed by atoms with Gasteiger partial charge in [-0.1, -0.05) is 24.8 Å². The molecule has 0 bridgehead atoms. The van der Waals surface area contributed by atoms with Gasteiger partial charge in [0.2, 0.25) is 5.91 Å². The smallest absolute Gasteiger partial charge is 0.339 e. The molecule has 0 aliphatic carbocycles. The van der Waals surface area contributed by atoms with Crippen molar-refractivity contribution in [1.82, 2.24) is 14.9 Å². The van der Waals surface area contributed by atoms with Crippen molar-refractivity contribution in [2.45, 2.75) is 50.0 Å². The number of piperidine rings is 1. The van der Waals surface area contributed by atoms with Crippen molar-refractivity contribution < 1.29 is 18.0 Å². The Kier molecular flexibility index (Phi) is 6.41. The van der Waals surface area contributed by atoms with Crippen LogP contribution in [0.15, 0.2) is 28.7 Å². The normalized spacial score (nSPS) is 17.9. The molecule has 3 rings (SSSR count). The number of alkyl halides is 3. The van der Waals surface area contributed by atoms with Crippen LogP contribution < -0.4 is 0 Å². The zero-order valence-corrected chi connectivity index (χ0v) is 16.5. The Bertz CT molecular complexity index is 781. The van der Waals surface area contributed by atoms with E-state index in [9.17, 15) is 18.0 Å². The van der Waals surface area contributed by atoms with E-state index < -0.39 is 11.9 Å². The van der Waals surface area contributed by atoms with Crippen LogP contribution >= 0.6 is 23.1 Å². The molecule has 4 nitrogen and oxygen atoms in total. The van der Waals surface area contributed by atoms with Crippen molar-refractivity contribution in [3.05, 3.63) is 29.3 Å². The first-order chi connectivity index (χ1) is 12.9. The third-order valence-corrected chi connectivity index (χ3v) is 6.24. The molecule has 27 heavy (non-hydrogen) atoms. The quantitative estimate of drug-likeness (QED) is 0.503. The van der Waals surface area contributed by atoms with Crippen molar-refractivity contribution in [3.63, 3.8) is 0 Å². The maximum Gasteiger partial charge on any atom is 0.433 e. The Morgan fingerprint density at radius 3 is 2.85 bits per heavy atom. The molecule has 1 unspecified atom stereocenters. The highest BCUT2D eigenvalue weighted by Gasteiger charge is 2.34. The van der Waals surface area contributed by atoms with Gasteiger partial charge in [-0.25, -0.2) is 9.97 Å². The summed E-state index contributed by atoms with van der Waals surface area (Å²) in [7, 11) is 0. The molecule has 0 aromatic carbocycles. The molecule has 1 aliphatic rings. The molecule has 1 atom stereocenters. The van der Waals surface area contributed by atoms with Crippen molar-refractivity contribution in [3.8, 4) is 10.6 Å². The topological polar surface area (TPSA) is 46.1 Å². The number of aromatic nitrogens is 2. The second-order valence-electron chi connectivity index (χ2n) is 6.33. The summed E-state index contributed by atoms with van der Waals surface area (Å²) in [5, 5.41) is 1.76. The Morgan fingerprint density at radius 1 is 1.37 bits per heavy atom. The summed E-state index contributed by atoms with van der Waals surface area (Å²) in [5.41, 5.74) is -0.757. The number of carbonyl (C=O) groups excluding carboxylic acids is 1. The number of hydrogen-bond acceptors (Lipinski definition) is 5. The number of likely N-dealkylation sites (tertiary alicyclic amines) is 1. The minimum Gasteiger partial charge on any atom is -0.339 e. The molecule has 1 saturated heterocycles. The zero-order chi connectivity index (χ0) is 19.4. The fourth-order valence-electron chi connectivity index (χ4n) is 3.15. The Balaban J connectivity index is 1.77. The third kappa shape index (κ3) is 5.01. The molecule has 0 saturated carbocycles. The lowest BCUT2D eigenvalue weighted by Crippen LogP contribution is -2.44. The minimum atomic E-state index is -4.56. The lowest BCUT2D eigenvalue weighted by atomic mass is 10.0. The van der Waals surface area contributed by atoms with E-state index in [-0.39, 0.29) is 28.6 Å². The summed E-state index contributed by atoms with van der Waals surface area (Å²) in [4.78, 5) is 22.9. The van der Waals surface area contributed by atoms with Gasteiger partial charge in [-0.2, -0.15) is 13.2 Å². The fourth-order valence-corrected chi connectivity index (χ4v) is 4.58. The number of thiophene rings is 1. The number of thioether (sulfide) groups is 1. The van der Waals surface area contributed by atoms with Gasteiger partial charge in [0.25, 0.3) is 0 Å². The number of amides is 1. The van der Waals surface area contributed by atoms with E-state index in [1.54, 1.807) is 17.5 Å². The molecule has 2 aromatic heterocycles. The number of halogens is 3. The monoisotopic (exact) mass is 415 g/mol. The predicted octanol–water partition coefficient (Wildman–Crippen LogP) is 5.11. The first-order valence-corrected chi connectivity index (χ1v) is 10.7. The van der Waals surface area contributed by atoms with E-state index in [1.807, 2.05) is 11.8 Å². The van der Waals surface area contributed by atoms with Crippen LogP contribution in [0.3, 0.4) is 0 Å². The van der Waals surface area contributed by atoms with E-state index in [0.29, 0.717) is 11.4 Å². The third-order valence-electron chi connectivity index (χ3n) is 4.51. The predicted molar refractivity (Wildman–Crippen MR) is 101 cm³/mol. The summed E-state index contributed by atoms with van der Waals surface area (Å²) >= 11 is 2.28. The van der Waals surface area contributed by atoms with Gasteiger partial charge in [-0.3, -0.25) is 4.79 Å². The Hall–Kier alpha value is -1.61. The lowest BCUT2D eigenvalue weighted by molar-refractivity contribution is -0.141. The second kappa shape index (κ2) is 8.60. The van der Waals surface area contributed by atoms with Crippen LogP contribution in [0.2, 0.25) is 0 Å². The standard InChI is InChI=1S/C18H20F3N3OS2/c1-2-12-6-3-4-8-24(12)16(25)11-27-17-22-13(14-7-5-9-26-14)10-15(23-17)18(19,20)21/h5,7,9-10,12H,2-4,6,8,11H2,1H3. The number of nitrogens with zero attached hydrogens (tertiary/aromatic N) is 3. The summed E-state index contributed by atoms with van der Waals surface area (Å²) in [5.74, 6) is -0.0213. The van der Waals surface area contributed by atoms with Gasteiger partial charge in [0.1, 0.15) is 5.69 Å². The maximum atomic E-state index is 13.2. The van der Waals surface area contributed by atoms with E-state index in [1.165, 1.54) is 11.3 Å². The SMILES string of the molecule is CCC1CCCCN1C(=O)CSc1nc(-c2cccs2)cc(C(F)(F)F)n1. The molecular weight excluding hydrogens is 395 g/mol. The average molecular weight is 416 g/mol. The molecule has 0 radical (unpaired) electrons. The fraction of sp³-hybridized carbons (Fsp3) is 0.500. The van der Waals surface area contributed by atoms with Crippen LogP contribution in [-0.4, -0.2) is 39.1 Å². The van der Waals surface area contributed by atoms with Gasteiger partial charge in [0.05, 0.1) is 16.3 Å². The lowest BCUT2D eigenvalue weighted by Gasteiger charge is -2.35. The summed E-state index contributed by atoms with van der Waals surface area (Å²) in [6.07, 6.45) is -0.616. The van der Waals surface area contributed by atoms with E-state index in [0.717, 1.165) is 43.5 Å². The Morgan fingerprint density at radius 2 is 2.19 bits per heavy atom. The van der Waals surface area contributed by atoms with E-state index >= 15 is 0 Å². The van der Waals surface area contributed by atoms with Crippen molar-refractivity contribution in [1.29, 1.82) is 0 Å². The van der Waals surface area contributed by atoms with Gasteiger partial charge in [-0.05, 0) is 43.2 Å². The highest BCUT2D eigenvalue weighted by molar-refractivity contribution is 7.99. The highest BCUT2D eigenvalue weighted by Crippen LogP contribution is 2.33. The van der Waals surface area contributed by atoms with Crippen LogP contribution in [0.25, 0.3) is 10.6 Å².